The minimum atomic E-state index is -4.50. The number of pyridine rings is 1. The topological polar surface area (TPSA) is 75.5 Å². The van der Waals surface area contributed by atoms with Gasteiger partial charge in [-0.3, -0.25) is 4.57 Å². The van der Waals surface area contributed by atoms with Gasteiger partial charge in [-0.1, -0.05) is 17.7 Å². The van der Waals surface area contributed by atoms with E-state index in [0.717, 1.165) is 29.0 Å². The fourth-order valence-electron chi connectivity index (χ4n) is 4.01. The van der Waals surface area contributed by atoms with Crippen LogP contribution in [0.3, 0.4) is 0 Å². The molecule has 2 aromatic heterocycles. The number of ether oxygens (including phenoxy) is 3. The first-order valence-electron chi connectivity index (χ1n) is 11.1. The number of methoxy groups -OCH3 is 1. The van der Waals surface area contributed by atoms with E-state index in [2.05, 4.69) is 9.97 Å². The predicted octanol–water partition coefficient (Wildman–Crippen LogP) is 5.91. The maximum Gasteiger partial charge on any atom is 0.416 e. The highest BCUT2D eigenvalue weighted by atomic mass is 35.5. The van der Waals surface area contributed by atoms with E-state index in [4.69, 9.17) is 25.8 Å². The molecule has 5 rings (SSSR count). The van der Waals surface area contributed by atoms with Gasteiger partial charge in [0.25, 0.3) is 0 Å². The normalized spacial score (nSPS) is 12.5. The van der Waals surface area contributed by atoms with Crippen LogP contribution in [0.4, 0.5) is 13.2 Å². The van der Waals surface area contributed by atoms with E-state index in [1.807, 2.05) is 18.2 Å². The summed E-state index contributed by atoms with van der Waals surface area (Å²) in [6.45, 7) is 0.496. The molecule has 0 saturated carbocycles. The van der Waals surface area contributed by atoms with Crippen molar-refractivity contribution in [2.24, 2.45) is 0 Å². The second kappa shape index (κ2) is 9.78. The van der Waals surface area contributed by atoms with Gasteiger partial charge in [0.15, 0.2) is 0 Å². The number of aromatic nitrogens is 3. The Balaban J connectivity index is 1.32. The summed E-state index contributed by atoms with van der Waals surface area (Å²) >= 11 is 6.25. The second-order valence-electron chi connectivity index (χ2n) is 8.23. The second-order valence-corrected chi connectivity index (χ2v) is 8.64. The van der Waals surface area contributed by atoms with Gasteiger partial charge in [0.05, 0.1) is 18.4 Å². The molecule has 1 aliphatic heterocycles. The van der Waals surface area contributed by atoms with Gasteiger partial charge < -0.3 is 14.2 Å². The minimum absolute atomic E-state index is 0.00191. The number of halogens is 4. The molecule has 2 aromatic carbocycles. The predicted molar refractivity (Wildman–Crippen MR) is 129 cm³/mol. The van der Waals surface area contributed by atoms with E-state index in [0.29, 0.717) is 24.2 Å². The molecule has 0 aliphatic carbocycles. The summed E-state index contributed by atoms with van der Waals surface area (Å²) in [4.78, 5) is 20.7. The zero-order valence-corrected chi connectivity index (χ0v) is 20.1. The quantitative estimate of drug-likeness (QED) is 0.309. The molecule has 11 heteroatoms. The molecule has 190 valence electrons. The summed E-state index contributed by atoms with van der Waals surface area (Å²) in [7, 11) is 1.60. The van der Waals surface area contributed by atoms with Crippen molar-refractivity contribution >= 4 is 11.6 Å². The zero-order valence-electron chi connectivity index (χ0n) is 19.4. The smallest absolute Gasteiger partial charge is 0.416 e. The average Bonchev–Trinajstić information content (AvgIpc) is 2.88. The number of alkyl halides is 3. The number of benzene rings is 2. The van der Waals surface area contributed by atoms with Crippen LogP contribution in [0.2, 0.25) is 5.02 Å². The first-order chi connectivity index (χ1) is 17.7. The van der Waals surface area contributed by atoms with Crippen molar-refractivity contribution in [3.63, 3.8) is 0 Å². The van der Waals surface area contributed by atoms with Crippen LogP contribution in [-0.2, 0) is 25.7 Å². The average molecular weight is 530 g/mol. The van der Waals surface area contributed by atoms with Crippen LogP contribution < -0.4 is 19.9 Å². The van der Waals surface area contributed by atoms with Gasteiger partial charge >= 0.3 is 11.9 Å². The van der Waals surface area contributed by atoms with Gasteiger partial charge in [-0.25, -0.2) is 9.78 Å². The Bertz CT molecular complexity index is 1540. The van der Waals surface area contributed by atoms with Crippen LogP contribution in [-0.4, -0.2) is 21.6 Å². The van der Waals surface area contributed by atoms with Gasteiger partial charge in [-0.2, -0.15) is 18.2 Å². The number of fused-ring (bicyclic) bond motifs is 3. The zero-order chi connectivity index (χ0) is 26.2. The van der Waals surface area contributed by atoms with Gasteiger partial charge in [0, 0.05) is 29.9 Å². The lowest BCUT2D eigenvalue weighted by Crippen LogP contribution is -2.28. The van der Waals surface area contributed by atoms with Crippen LogP contribution in [0.25, 0.3) is 11.3 Å². The van der Waals surface area contributed by atoms with E-state index < -0.39 is 17.4 Å². The molecule has 0 amide bonds. The van der Waals surface area contributed by atoms with Crippen molar-refractivity contribution in [2.75, 3.05) is 7.11 Å². The molecule has 0 radical (unpaired) electrons. The summed E-state index contributed by atoms with van der Waals surface area (Å²) < 4.78 is 56.9. The lowest BCUT2D eigenvalue weighted by atomic mass is 9.97. The largest absolute Gasteiger partial charge is 0.497 e. The number of aryl methyl sites for hydroxylation is 1. The number of nitrogens with zero attached hydrogens (tertiary/aromatic N) is 3. The molecule has 7 nitrogen and oxygen atoms in total. The van der Waals surface area contributed by atoms with Crippen molar-refractivity contribution in [3.05, 3.63) is 93.0 Å². The van der Waals surface area contributed by atoms with E-state index in [1.54, 1.807) is 17.7 Å². The van der Waals surface area contributed by atoms with Crippen molar-refractivity contribution < 1.29 is 27.4 Å². The molecule has 1 aliphatic rings. The highest BCUT2D eigenvalue weighted by Gasteiger charge is 2.30. The van der Waals surface area contributed by atoms with Crippen molar-refractivity contribution in [1.29, 1.82) is 0 Å². The monoisotopic (exact) mass is 529 g/mol. The van der Waals surface area contributed by atoms with Gasteiger partial charge in [-0.15, -0.1) is 0 Å². The molecular formula is C26H19ClF3N3O4. The fraction of sp³-hybridized carbons (Fsp3) is 0.192. The molecule has 0 unspecified atom stereocenters. The molecule has 0 N–H and O–H groups in total. The van der Waals surface area contributed by atoms with E-state index in [1.165, 1.54) is 24.4 Å². The van der Waals surface area contributed by atoms with Crippen molar-refractivity contribution in [2.45, 2.75) is 25.7 Å². The molecular weight excluding hydrogens is 511 g/mol. The molecule has 0 spiro atoms. The third kappa shape index (κ3) is 5.24. The lowest BCUT2D eigenvalue weighted by Gasteiger charge is -2.22. The maximum atomic E-state index is 12.9. The van der Waals surface area contributed by atoms with Crippen molar-refractivity contribution in [1.82, 2.24) is 14.5 Å². The Kier molecular flexibility index (Phi) is 6.51. The fourth-order valence-corrected chi connectivity index (χ4v) is 4.24. The van der Waals surface area contributed by atoms with E-state index >= 15 is 0 Å². The SMILES string of the molecule is COc1ccc2c(c1)CCn1c-2cc(OCc2cnc(Oc3cccc(C(F)(F)F)c3)c(Cl)c2)nc1=O. The first-order valence-corrected chi connectivity index (χ1v) is 11.5. The number of hydrogen-bond donors (Lipinski definition) is 0. The summed E-state index contributed by atoms with van der Waals surface area (Å²) in [5.74, 6) is 0.775. The first kappa shape index (κ1) is 24.6. The van der Waals surface area contributed by atoms with E-state index in [9.17, 15) is 18.0 Å². The molecule has 4 aromatic rings. The molecule has 0 fully saturated rings. The van der Waals surface area contributed by atoms with Crippen LogP contribution in [0, 0.1) is 0 Å². The lowest BCUT2D eigenvalue weighted by molar-refractivity contribution is -0.137. The molecule has 0 bridgehead atoms. The van der Waals surface area contributed by atoms with Gasteiger partial charge in [-0.05, 0) is 54.4 Å². The van der Waals surface area contributed by atoms with Crippen LogP contribution in [0.1, 0.15) is 16.7 Å². The van der Waals surface area contributed by atoms with Crippen LogP contribution in [0.15, 0.2) is 65.6 Å². The summed E-state index contributed by atoms with van der Waals surface area (Å²) in [6.07, 6.45) is -2.40. The summed E-state index contributed by atoms with van der Waals surface area (Å²) in [5.41, 5.74) is 1.93. The van der Waals surface area contributed by atoms with E-state index in [-0.39, 0.29) is 29.1 Å². The Morgan fingerprint density at radius 3 is 2.68 bits per heavy atom. The molecule has 0 saturated heterocycles. The highest BCUT2D eigenvalue weighted by Crippen LogP contribution is 2.35. The van der Waals surface area contributed by atoms with Crippen LogP contribution >= 0.6 is 11.6 Å². The Morgan fingerprint density at radius 1 is 1.08 bits per heavy atom. The Morgan fingerprint density at radius 2 is 1.92 bits per heavy atom. The molecule has 0 atom stereocenters. The number of rotatable bonds is 6. The third-order valence-electron chi connectivity index (χ3n) is 5.81. The van der Waals surface area contributed by atoms with Crippen molar-refractivity contribution in [3.8, 4) is 34.5 Å². The van der Waals surface area contributed by atoms with Crippen LogP contribution in [0.5, 0.6) is 23.3 Å². The number of hydrogen-bond acceptors (Lipinski definition) is 6. The van der Waals surface area contributed by atoms with Gasteiger partial charge in [0.2, 0.25) is 11.8 Å². The summed E-state index contributed by atoms with van der Waals surface area (Å²) in [6, 6.07) is 13.3. The Hall–Kier alpha value is -4.05. The maximum absolute atomic E-state index is 12.9. The Labute approximate surface area is 214 Å². The highest BCUT2D eigenvalue weighted by molar-refractivity contribution is 6.31. The molecule has 37 heavy (non-hydrogen) atoms. The third-order valence-corrected chi connectivity index (χ3v) is 6.08. The molecule has 3 heterocycles. The standard InChI is InChI=1S/C26H19ClF3N3O4/c1-35-18-5-6-20-16(10-18)7-8-33-22(20)12-23(32-25(33)34)36-14-15-9-21(27)24(31-13-15)37-19-4-2-3-17(11-19)26(28,29)30/h2-6,9-13H,7-8,14H2,1H3. The minimum Gasteiger partial charge on any atom is -0.497 e. The summed E-state index contributed by atoms with van der Waals surface area (Å²) in [5, 5.41) is 0.0832. The van der Waals surface area contributed by atoms with Gasteiger partial charge in [0.1, 0.15) is 23.1 Å².